The number of pyridine rings is 1. The monoisotopic (exact) mass is 248 g/mol. The predicted octanol–water partition coefficient (Wildman–Crippen LogP) is 2.19. The average molecular weight is 248 g/mol. The SMILES string of the molecule is Cc1cccc(NCI)n1. The number of rotatable bonds is 2. The highest BCUT2D eigenvalue weighted by atomic mass is 127. The van der Waals surface area contributed by atoms with Gasteiger partial charge in [0.2, 0.25) is 0 Å². The lowest BCUT2D eigenvalue weighted by Gasteiger charge is -2.00. The molecule has 1 aromatic heterocycles. The number of nitrogens with zero attached hydrogens (tertiary/aromatic N) is 1. The molecule has 54 valence electrons. The number of alkyl halides is 1. The molecule has 0 fully saturated rings. The summed E-state index contributed by atoms with van der Waals surface area (Å²) in [5, 5.41) is 3.12. The Bertz CT molecular complexity index is 213. The Hall–Kier alpha value is -0.320. The first-order valence-corrected chi connectivity index (χ1v) is 4.59. The lowest BCUT2D eigenvalue weighted by Crippen LogP contribution is -1.96. The highest BCUT2D eigenvalue weighted by Crippen LogP contribution is 2.03. The number of aryl methyl sites for hydroxylation is 1. The Morgan fingerprint density at radius 1 is 1.60 bits per heavy atom. The third kappa shape index (κ3) is 2.13. The minimum Gasteiger partial charge on any atom is -0.361 e. The van der Waals surface area contributed by atoms with Gasteiger partial charge in [-0.05, 0) is 19.1 Å². The Kier molecular flexibility index (Phi) is 2.92. The van der Waals surface area contributed by atoms with Crippen LogP contribution in [0.3, 0.4) is 0 Å². The molecule has 1 heterocycles. The molecule has 0 amide bonds. The first kappa shape index (κ1) is 7.78. The van der Waals surface area contributed by atoms with Crippen molar-refractivity contribution in [3.63, 3.8) is 0 Å². The molecular formula is C7H9IN2. The van der Waals surface area contributed by atoms with Crippen LogP contribution in [0.2, 0.25) is 0 Å². The van der Waals surface area contributed by atoms with E-state index >= 15 is 0 Å². The van der Waals surface area contributed by atoms with Gasteiger partial charge in [-0.1, -0.05) is 28.7 Å². The van der Waals surface area contributed by atoms with E-state index in [-0.39, 0.29) is 0 Å². The molecule has 0 atom stereocenters. The van der Waals surface area contributed by atoms with Crippen LogP contribution in [0, 0.1) is 6.92 Å². The fraction of sp³-hybridized carbons (Fsp3) is 0.286. The van der Waals surface area contributed by atoms with E-state index in [1.807, 2.05) is 25.1 Å². The van der Waals surface area contributed by atoms with Gasteiger partial charge in [0.1, 0.15) is 5.82 Å². The van der Waals surface area contributed by atoms with Crippen molar-refractivity contribution in [2.45, 2.75) is 6.92 Å². The molecule has 10 heavy (non-hydrogen) atoms. The summed E-state index contributed by atoms with van der Waals surface area (Å²) in [6.45, 7) is 1.98. The maximum absolute atomic E-state index is 4.25. The van der Waals surface area contributed by atoms with Crippen LogP contribution in [0.15, 0.2) is 18.2 Å². The van der Waals surface area contributed by atoms with Gasteiger partial charge in [-0.25, -0.2) is 4.98 Å². The maximum Gasteiger partial charge on any atom is 0.126 e. The summed E-state index contributed by atoms with van der Waals surface area (Å²) >= 11 is 2.25. The van der Waals surface area contributed by atoms with Crippen LogP contribution in [0.25, 0.3) is 0 Å². The van der Waals surface area contributed by atoms with Crippen molar-refractivity contribution < 1.29 is 0 Å². The van der Waals surface area contributed by atoms with Crippen LogP contribution >= 0.6 is 22.6 Å². The average Bonchev–Trinajstić information content (AvgIpc) is 1.88. The summed E-state index contributed by atoms with van der Waals surface area (Å²) in [4.78, 5) is 4.25. The van der Waals surface area contributed by atoms with Crippen molar-refractivity contribution in [2.75, 3.05) is 9.87 Å². The third-order valence-electron chi connectivity index (χ3n) is 1.14. The molecule has 0 saturated heterocycles. The summed E-state index contributed by atoms with van der Waals surface area (Å²) in [7, 11) is 0. The van der Waals surface area contributed by atoms with E-state index in [0.29, 0.717) is 0 Å². The van der Waals surface area contributed by atoms with Gasteiger partial charge in [0, 0.05) is 5.69 Å². The number of hydrogen-bond acceptors (Lipinski definition) is 2. The van der Waals surface area contributed by atoms with Crippen molar-refractivity contribution in [1.82, 2.24) is 4.98 Å². The van der Waals surface area contributed by atoms with E-state index in [2.05, 4.69) is 32.9 Å². The fourth-order valence-corrected chi connectivity index (χ4v) is 1.10. The van der Waals surface area contributed by atoms with E-state index in [1.165, 1.54) is 0 Å². The third-order valence-corrected chi connectivity index (χ3v) is 1.52. The van der Waals surface area contributed by atoms with E-state index in [0.717, 1.165) is 16.1 Å². The number of halogens is 1. The number of nitrogens with one attached hydrogen (secondary N) is 1. The molecule has 2 nitrogen and oxygen atoms in total. The van der Waals surface area contributed by atoms with Gasteiger partial charge < -0.3 is 5.32 Å². The Morgan fingerprint density at radius 2 is 2.40 bits per heavy atom. The number of anilines is 1. The lowest BCUT2D eigenvalue weighted by atomic mass is 10.4. The summed E-state index contributed by atoms with van der Waals surface area (Å²) in [6.07, 6.45) is 0. The van der Waals surface area contributed by atoms with Gasteiger partial charge in [0.15, 0.2) is 0 Å². The predicted molar refractivity (Wildman–Crippen MR) is 51.5 cm³/mol. The smallest absolute Gasteiger partial charge is 0.126 e. The maximum atomic E-state index is 4.25. The van der Waals surface area contributed by atoms with Crippen LogP contribution < -0.4 is 5.32 Å². The number of aromatic nitrogens is 1. The normalized spacial score (nSPS) is 9.40. The van der Waals surface area contributed by atoms with Crippen LogP contribution in [0.1, 0.15) is 5.69 Å². The first-order valence-electron chi connectivity index (χ1n) is 3.06. The van der Waals surface area contributed by atoms with E-state index in [9.17, 15) is 0 Å². The molecule has 0 saturated carbocycles. The molecule has 1 N–H and O–H groups in total. The molecule has 0 bridgehead atoms. The number of hydrogen-bond donors (Lipinski definition) is 1. The van der Waals surface area contributed by atoms with Gasteiger partial charge in [-0.3, -0.25) is 0 Å². The highest BCUT2D eigenvalue weighted by molar-refractivity contribution is 14.1. The van der Waals surface area contributed by atoms with Crippen molar-refractivity contribution in [3.8, 4) is 0 Å². The zero-order chi connectivity index (χ0) is 7.40. The van der Waals surface area contributed by atoms with Crippen molar-refractivity contribution in [3.05, 3.63) is 23.9 Å². The molecular weight excluding hydrogens is 239 g/mol. The minimum absolute atomic E-state index is 0.897. The molecule has 0 spiro atoms. The fourth-order valence-electron chi connectivity index (χ4n) is 0.710. The summed E-state index contributed by atoms with van der Waals surface area (Å²) in [5.74, 6) is 0.953. The molecule has 0 radical (unpaired) electrons. The highest BCUT2D eigenvalue weighted by Gasteiger charge is 1.89. The quantitative estimate of drug-likeness (QED) is 0.493. The zero-order valence-corrected chi connectivity index (χ0v) is 7.92. The second-order valence-electron chi connectivity index (χ2n) is 1.97. The van der Waals surface area contributed by atoms with Gasteiger partial charge >= 0.3 is 0 Å². The Balaban J connectivity index is 2.75. The van der Waals surface area contributed by atoms with E-state index in [4.69, 9.17) is 0 Å². The van der Waals surface area contributed by atoms with Gasteiger partial charge in [-0.2, -0.15) is 0 Å². The Labute approximate surface area is 74.2 Å². The Morgan fingerprint density at radius 3 is 3.00 bits per heavy atom. The van der Waals surface area contributed by atoms with Gasteiger partial charge in [0.25, 0.3) is 0 Å². The van der Waals surface area contributed by atoms with Crippen LogP contribution in [-0.4, -0.2) is 9.54 Å². The van der Waals surface area contributed by atoms with Crippen molar-refractivity contribution >= 4 is 28.4 Å². The standard InChI is InChI=1S/C7H9IN2/c1-6-3-2-4-7(10-6)9-5-8/h2-4H,5H2,1H3,(H,9,10). The summed E-state index contributed by atoms with van der Waals surface area (Å²) in [5.41, 5.74) is 1.05. The van der Waals surface area contributed by atoms with Crippen LogP contribution in [0.4, 0.5) is 5.82 Å². The topological polar surface area (TPSA) is 24.9 Å². The summed E-state index contributed by atoms with van der Waals surface area (Å²) < 4.78 is 0.897. The second-order valence-corrected chi connectivity index (χ2v) is 2.74. The second kappa shape index (κ2) is 3.75. The van der Waals surface area contributed by atoms with Gasteiger partial charge in [0.05, 0.1) is 4.55 Å². The van der Waals surface area contributed by atoms with Crippen molar-refractivity contribution in [1.29, 1.82) is 0 Å². The molecule has 0 aliphatic heterocycles. The van der Waals surface area contributed by atoms with Crippen LogP contribution in [-0.2, 0) is 0 Å². The zero-order valence-electron chi connectivity index (χ0n) is 5.76. The molecule has 0 aliphatic rings. The molecule has 0 aromatic carbocycles. The lowest BCUT2D eigenvalue weighted by molar-refractivity contribution is 1.19. The molecule has 3 heteroatoms. The first-order chi connectivity index (χ1) is 4.83. The summed E-state index contributed by atoms with van der Waals surface area (Å²) in [6, 6.07) is 5.95. The van der Waals surface area contributed by atoms with E-state index < -0.39 is 0 Å². The van der Waals surface area contributed by atoms with E-state index in [1.54, 1.807) is 0 Å². The van der Waals surface area contributed by atoms with Crippen molar-refractivity contribution in [2.24, 2.45) is 0 Å². The van der Waals surface area contributed by atoms with Gasteiger partial charge in [-0.15, -0.1) is 0 Å². The molecule has 1 rings (SSSR count). The molecule has 0 aliphatic carbocycles. The molecule has 1 aromatic rings. The van der Waals surface area contributed by atoms with Crippen LogP contribution in [0.5, 0.6) is 0 Å². The largest absolute Gasteiger partial charge is 0.361 e. The molecule has 0 unspecified atom stereocenters. The minimum atomic E-state index is 0.897.